The van der Waals surface area contributed by atoms with Crippen LogP contribution in [0.3, 0.4) is 0 Å². The summed E-state index contributed by atoms with van der Waals surface area (Å²) in [7, 11) is 0. The molecule has 0 aliphatic rings. The molecule has 0 saturated carbocycles. The predicted octanol–water partition coefficient (Wildman–Crippen LogP) is 3.96. The lowest BCUT2D eigenvalue weighted by molar-refractivity contribution is -0.128. The zero-order chi connectivity index (χ0) is 12.5. The number of alkyl halides is 3. The predicted molar refractivity (Wildman–Crippen MR) is 63.6 cm³/mol. The summed E-state index contributed by atoms with van der Waals surface area (Å²) in [5.74, 6) is -0.263. The zero-order valence-electron chi connectivity index (χ0n) is 8.57. The monoisotopic (exact) mass is 364 g/mol. The lowest BCUT2D eigenvalue weighted by Crippen LogP contribution is -2.16. The maximum Gasteiger partial charge on any atom is 0.396 e. The van der Waals surface area contributed by atoms with Gasteiger partial charge in [-0.1, -0.05) is 25.4 Å². The van der Waals surface area contributed by atoms with Crippen molar-refractivity contribution in [1.82, 2.24) is 9.97 Å². The summed E-state index contributed by atoms with van der Waals surface area (Å²) in [5, 5.41) is 0.0820. The van der Waals surface area contributed by atoms with Gasteiger partial charge < -0.3 is 0 Å². The number of nitrogens with zero attached hydrogens (tertiary/aromatic N) is 2. The van der Waals surface area contributed by atoms with Gasteiger partial charge in [0.25, 0.3) is 0 Å². The van der Waals surface area contributed by atoms with Crippen molar-refractivity contribution in [2.24, 2.45) is 0 Å². The van der Waals surface area contributed by atoms with Gasteiger partial charge in [0, 0.05) is 0 Å². The van der Waals surface area contributed by atoms with Gasteiger partial charge in [0.2, 0.25) is 0 Å². The molecule has 90 valence electrons. The fourth-order valence-electron chi connectivity index (χ4n) is 1.12. The summed E-state index contributed by atoms with van der Waals surface area (Å²) < 4.78 is 37.2. The lowest BCUT2D eigenvalue weighted by Gasteiger charge is -2.11. The van der Waals surface area contributed by atoms with Crippen molar-refractivity contribution in [1.29, 1.82) is 0 Å². The van der Waals surface area contributed by atoms with Gasteiger partial charge in [0.1, 0.15) is 17.4 Å². The molecule has 0 bridgehead atoms. The molecule has 0 atom stereocenters. The van der Waals surface area contributed by atoms with Crippen LogP contribution in [0.4, 0.5) is 13.2 Å². The van der Waals surface area contributed by atoms with Crippen LogP contribution in [0.1, 0.15) is 31.3 Å². The highest BCUT2D eigenvalue weighted by molar-refractivity contribution is 14.1. The van der Waals surface area contributed by atoms with Gasteiger partial charge in [0.05, 0.1) is 9.26 Å². The second-order valence-corrected chi connectivity index (χ2v) is 5.01. The Morgan fingerprint density at radius 1 is 1.31 bits per heavy atom. The number of rotatable bonds is 2. The lowest BCUT2D eigenvalue weighted by atomic mass is 10.1. The first-order valence-corrected chi connectivity index (χ1v) is 5.95. The highest BCUT2D eigenvalue weighted by Crippen LogP contribution is 2.27. The molecule has 0 aliphatic heterocycles. The van der Waals surface area contributed by atoms with Gasteiger partial charge in [-0.2, -0.15) is 13.2 Å². The summed E-state index contributed by atoms with van der Waals surface area (Å²) in [4.78, 5) is 7.52. The van der Waals surface area contributed by atoms with E-state index in [1.807, 2.05) is 36.4 Å². The SMILES string of the molecule is CC(C)c1nc(CC(F)(F)F)nc(Cl)c1I. The Hall–Kier alpha value is -0.110. The first kappa shape index (κ1) is 14.0. The molecule has 0 fully saturated rings. The first-order chi connectivity index (χ1) is 7.20. The number of halogens is 5. The van der Waals surface area contributed by atoms with Crippen molar-refractivity contribution in [2.45, 2.75) is 32.4 Å². The average Bonchev–Trinajstić information content (AvgIpc) is 2.07. The van der Waals surface area contributed by atoms with Gasteiger partial charge in [-0.25, -0.2) is 9.97 Å². The van der Waals surface area contributed by atoms with Crippen LogP contribution in [0.2, 0.25) is 5.15 Å². The maximum atomic E-state index is 12.2. The van der Waals surface area contributed by atoms with E-state index in [-0.39, 0.29) is 16.9 Å². The van der Waals surface area contributed by atoms with Crippen LogP contribution in [0, 0.1) is 3.57 Å². The largest absolute Gasteiger partial charge is 0.396 e. The van der Waals surface area contributed by atoms with Gasteiger partial charge in [0.15, 0.2) is 0 Å². The van der Waals surface area contributed by atoms with Crippen LogP contribution < -0.4 is 0 Å². The Bertz CT molecular complexity index is 393. The first-order valence-electron chi connectivity index (χ1n) is 4.49. The Morgan fingerprint density at radius 3 is 2.31 bits per heavy atom. The van der Waals surface area contributed by atoms with E-state index >= 15 is 0 Å². The number of aromatic nitrogens is 2. The zero-order valence-corrected chi connectivity index (χ0v) is 11.5. The summed E-state index contributed by atoms with van der Waals surface area (Å²) in [5.41, 5.74) is 0.555. The molecule has 0 aliphatic carbocycles. The third kappa shape index (κ3) is 3.73. The molecular weight excluding hydrogens is 355 g/mol. The van der Waals surface area contributed by atoms with Crippen molar-refractivity contribution in [2.75, 3.05) is 0 Å². The molecule has 0 amide bonds. The number of hydrogen-bond acceptors (Lipinski definition) is 2. The van der Waals surface area contributed by atoms with Crippen molar-refractivity contribution >= 4 is 34.2 Å². The second kappa shape index (κ2) is 5.03. The van der Waals surface area contributed by atoms with Crippen LogP contribution in [-0.2, 0) is 6.42 Å². The topological polar surface area (TPSA) is 25.8 Å². The molecule has 2 nitrogen and oxygen atoms in total. The van der Waals surface area contributed by atoms with Crippen LogP contribution in [0.25, 0.3) is 0 Å². The molecule has 7 heteroatoms. The van der Waals surface area contributed by atoms with E-state index in [2.05, 4.69) is 9.97 Å². The van der Waals surface area contributed by atoms with E-state index in [4.69, 9.17) is 11.6 Å². The maximum absolute atomic E-state index is 12.2. The molecular formula is C9H9ClF3IN2. The highest BCUT2D eigenvalue weighted by atomic mass is 127. The van der Waals surface area contributed by atoms with E-state index in [0.29, 0.717) is 9.26 Å². The van der Waals surface area contributed by atoms with Crippen LogP contribution in [0.15, 0.2) is 0 Å². The summed E-state index contributed by atoms with van der Waals surface area (Å²) in [6, 6.07) is 0. The smallest absolute Gasteiger partial charge is 0.236 e. The molecule has 0 radical (unpaired) electrons. The standard InChI is InChI=1S/C9H9ClF3IN2/c1-4(2)7-6(14)8(10)16-5(15-7)3-9(11,12)13/h4H,3H2,1-2H3. The quantitative estimate of drug-likeness (QED) is 0.586. The van der Waals surface area contributed by atoms with Crippen LogP contribution in [0.5, 0.6) is 0 Å². The Morgan fingerprint density at radius 2 is 1.88 bits per heavy atom. The molecule has 1 heterocycles. The van der Waals surface area contributed by atoms with Gasteiger partial charge >= 0.3 is 6.18 Å². The molecule has 0 aromatic carbocycles. The fraction of sp³-hybridized carbons (Fsp3) is 0.556. The molecule has 1 rings (SSSR count). The normalized spacial score (nSPS) is 12.2. The molecule has 0 N–H and O–H groups in total. The Labute approximate surface area is 110 Å². The molecule has 1 aromatic rings. The Kier molecular flexibility index (Phi) is 4.39. The minimum absolute atomic E-state index is 0.0133. The van der Waals surface area contributed by atoms with Crippen LogP contribution >= 0.6 is 34.2 Å². The van der Waals surface area contributed by atoms with Crippen LogP contribution in [-0.4, -0.2) is 16.1 Å². The summed E-state index contributed by atoms with van der Waals surface area (Å²) in [6.45, 7) is 3.69. The minimum atomic E-state index is -4.32. The van der Waals surface area contributed by atoms with Crippen molar-refractivity contribution < 1.29 is 13.2 Å². The average molecular weight is 365 g/mol. The van der Waals surface area contributed by atoms with Gasteiger partial charge in [-0.15, -0.1) is 0 Å². The number of hydrogen-bond donors (Lipinski definition) is 0. The van der Waals surface area contributed by atoms with E-state index in [1.54, 1.807) is 0 Å². The second-order valence-electron chi connectivity index (χ2n) is 3.58. The van der Waals surface area contributed by atoms with Gasteiger partial charge in [-0.05, 0) is 28.5 Å². The van der Waals surface area contributed by atoms with Crippen molar-refractivity contribution in [3.8, 4) is 0 Å². The fourth-order valence-corrected chi connectivity index (χ4v) is 2.18. The van der Waals surface area contributed by atoms with E-state index in [1.165, 1.54) is 0 Å². The highest BCUT2D eigenvalue weighted by Gasteiger charge is 2.30. The van der Waals surface area contributed by atoms with Crippen molar-refractivity contribution in [3.63, 3.8) is 0 Å². The third-order valence-electron chi connectivity index (χ3n) is 1.79. The van der Waals surface area contributed by atoms with E-state index < -0.39 is 12.6 Å². The summed E-state index contributed by atoms with van der Waals surface area (Å²) >= 11 is 7.70. The molecule has 1 aromatic heterocycles. The molecule has 0 unspecified atom stereocenters. The van der Waals surface area contributed by atoms with E-state index in [9.17, 15) is 13.2 Å². The Balaban J connectivity index is 3.14. The summed E-state index contributed by atoms with van der Waals surface area (Å²) in [6.07, 6.45) is -5.46. The minimum Gasteiger partial charge on any atom is -0.236 e. The van der Waals surface area contributed by atoms with Crippen molar-refractivity contribution in [3.05, 3.63) is 20.2 Å². The molecule has 0 spiro atoms. The third-order valence-corrected chi connectivity index (χ3v) is 3.44. The molecule has 16 heavy (non-hydrogen) atoms. The molecule has 0 saturated heterocycles. The van der Waals surface area contributed by atoms with Gasteiger partial charge in [-0.3, -0.25) is 0 Å². The van der Waals surface area contributed by atoms with E-state index in [0.717, 1.165) is 0 Å².